The van der Waals surface area contributed by atoms with Gasteiger partial charge in [0.2, 0.25) is 0 Å². The number of amides is 1. The van der Waals surface area contributed by atoms with E-state index in [0.29, 0.717) is 28.5 Å². The molecule has 0 aromatic heterocycles. The highest BCUT2D eigenvalue weighted by Crippen LogP contribution is 2.22. The van der Waals surface area contributed by atoms with E-state index in [1.807, 2.05) is 0 Å². The summed E-state index contributed by atoms with van der Waals surface area (Å²) < 4.78 is 15.4. The number of methoxy groups -OCH3 is 3. The lowest BCUT2D eigenvalue weighted by atomic mass is 10.2. The molecule has 2 rings (SSSR count). The molecule has 0 radical (unpaired) electrons. The highest BCUT2D eigenvalue weighted by molar-refractivity contribution is 5.91. The normalized spacial score (nSPS) is 10.4. The minimum absolute atomic E-state index is 0.213. The molecule has 0 aliphatic rings. The van der Waals surface area contributed by atoms with Crippen molar-refractivity contribution in [3.05, 3.63) is 48.0 Å². The molecule has 2 aromatic carbocycles. The molecule has 0 fully saturated rings. The Labute approximate surface area is 146 Å². The number of nitrogens with zero attached hydrogens (tertiary/aromatic N) is 1. The van der Waals surface area contributed by atoms with Crippen LogP contribution >= 0.6 is 0 Å². The number of carbonyl (C=O) groups excluding carboxylic acids is 1. The summed E-state index contributed by atoms with van der Waals surface area (Å²) in [5, 5.41) is 6.49. The predicted molar refractivity (Wildman–Crippen MR) is 94.7 cm³/mol. The fourth-order valence-corrected chi connectivity index (χ4v) is 2.00. The fraction of sp³-hybridized carbons (Fsp3) is 0.222. The number of carbonyl (C=O) groups is 1. The number of rotatable bonds is 8. The Balaban J connectivity index is 1.86. The van der Waals surface area contributed by atoms with Crippen molar-refractivity contribution in [2.24, 2.45) is 5.16 Å². The van der Waals surface area contributed by atoms with Gasteiger partial charge in [-0.05, 0) is 42.5 Å². The van der Waals surface area contributed by atoms with E-state index in [0.717, 1.165) is 0 Å². The number of ether oxygens (including phenoxy) is 3. The SMILES string of the molecule is COc1ccc(NC(=O)CO/N=C/c2cc(OC)ccc2OC)cc1. The van der Waals surface area contributed by atoms with E-state index in [2.05, 4.69) is 10.5 Å². The van der Waals surface area contributed by atoms with Crippen LogP contribution in [-0.4, -0.2) is 40.1 Å². The Morgan fingerprint density at radius 2 is 1.68 bits per heavy atom. The highest BCUT2D eigenvalue weighted by Gasteiger charge is 2.05. The van der Waals surface area contributed by atoms with Crippen LogP contribution in [0.5, 0.6) is 17.2 Å². The van der Waals surface area contributed by atoms with Crippen molar-refractivity contribution in [1.29, 1.82) is 0 Å². The first-order valence-electron chi connectivity index (χ1n) is 7.47. The molecule has 0 heterocycles. The molecule has 0 saturated carbocycles. The molecule has 7 nitrogen and oxygen atoms in total. The maximum absolute atomic E-state index is 11.8. The first-order chi connectivity index (χ1) is 12.2. The second-order valence-electron chi connectivity index (χ2n) is 4.89. The standard InChI is InChI=1S/C18H20N2O5/c1-22-15-6-4-14(5-7-15)20-18(21)12-25-19-11-13-10-16(23-2)8-9-17(13)24-3/h4-11H,12H2,1-3H3,(H,20,21)/b19-11+. The van der Waals surface area contributed by atoms with E-state index in [4.69, 9.17) is 19.0 Å². The van der Waals surface area contributed by atoms with E-state index >= 15 is 0 Å². The van der Waals surface area contributed by atoms with E-state index in [-0.39, 0.29) is 12.5 Å². The molecule has 0 atom stereocenters. The van der Waals surface area contributed by atoms with E-state index in [1.54, 1.807) is 63.8 Å². The molecule has 0 saturated heterocycles. The van der Waals surface area contributed by atoms with Gasteiger partial charge in [0.05, 0.1) is 27.5 Å². The van der Waals surface area contributed by atoms with Gasteiger partial charge in [0, 0.05) is 11.3 Å². The van der Waals surface area contributed by atoms with Crippen molar-refractivity contribution in [2.75, 3.05) is 33.3 Å². The van der Waals surface area contributed by atoms with Crippen molar-refractivity contribution < 1.29 is 23.8 Å². The molecule has 0 unspecified atom stereocenters. The Morgan fingerprint density at radius 3 is 2.32 bits per heavy atom. The summed E-state index contributed by atoms with van der Waals surface area (Å²) in [7, 11) is 4.71. The van der Waals surface area contributed by atoms with Crippen LogP contribution in [-0.2, 0) is 9.63 Å². The minimum Gasteiger partial charge on any atom is -0.497 e. The summed E-state index contributed by atoms with van der Waals surface area (Å²) in [6.45, 7) is -0.213. The maximum Gasteiger partial charge on any atom is 0.265 e. The zero-order chi connectivity index (χ0) is 18.1. The minimum atomic E-state index is -0.320. The zero-order valence-corrected chi connectivity index (χ0v) is 14.3. The highest BCUT2D eigenvalue weighted by atomic mass is 16.6. The summed E-state index contributed by atoms with van der Waals surface area (Å²) in [6, 6.07) is 12.3. The lowest BCUT2D eigenvalue weighted by Crippen LogP contribution is -2.16. The lowest BCUT2D eigenvalue weighted by molar-refractivity contribution is -0.120. The van der Waals surface area contributed by atoms with Crippen LogP contribution in [0.3, 0.4) is 0 Å². The first kappa shape index (κ1) is 18.1. The van der Waals surface area contributed by atoms with Crippen LogP contribution in [0.2, 0.25) is 0 Å². The molecular formula is C18H20N2O5. The summed E-state index contributed by atoms with van der Waals surface area (Å²) in [5.41, 5.74) is 1.32. The second-order valence-corrected chi connectivity index (χ2v) is 4.89. The quantitative estimate of drug-likeness (QED) is 0.588. The number of benzene rings is 2. The van der Waals surface area contributed by atoms with Crippen LogP contribution in [0, 0.1) is 0 Å². The van der Waals surface area contributed by atoms with Crippen LogP contribution in [0.25, 0.3) is 0 Å². The van der Waals surface area contributed by atoms with Gasteiger partial charge in [-0.15, -0.1) is 0 Å². The van der Waals surface area contributed by atoms with Crippen LogP contribution in [0.4, 0.5) is 5.69 Å². The third-order valence-corrected chi connectivity index (χ3v) is 3.27. The summed E-state index contributed by atoms with van der Waals surface area (Å²) in [6.07, 6.45) is 1.46. The van der Waals surface area contributed by atoms with Gasteiger partial charge in [0.15, 0.2) is 6.61 Å². The summed E-state index contributed by atoms with van der Waals surface area (Å²) >= 11 is 0. The van der Waals surface area contributed by atoms with Crippen molar-refractivity contribution in [3.8, 4) is 17.2 Å². The molecular weight excluding hydrogens is 324 g/mol. The molecule has 0 aliphatic heterocycles. The van der Waals surface area contributed by atoms with Crippen LogP contribution in [0.1, 0.15) is 5.56 Å². The number of hydrogen-bond donors (Lipinski definition) is 1. The number of nitrogens with one attached hydrogen (secondary N) is 1. The first-order valence-corrected chi connectivity index (χ1v) is 7.47. The van der Waals surface area contributed by atoms with E-state index in [1.165, 1.54) is 6.21 Å². The largest absolute Gasteiger partial charge is 0.497 e. The third-order valence-electron chi connectivity index (χ3n) is 3.27. The average Bonchev–Trinajstić information content (AvgIpc) is 2.65. The molecule has 25 heavy (non-hydrogen) atoms. The van der Waals surface area contributed by atoms with E-state index in [9.17, 15) is 4.79 Å². The zero-order valence-electron chi connectivity index (χ0n) is 14.3. The monoisotopic (exact) mass is 344 g/mol. The van der Waals surface area contributed by atoms with Crippen molar-refractivity contribution in [3.63, 3.8) is 0 Å². The average molecular weight is 344 g/mol. The molecule has 0 aliphatic carbocycles. The second kappa shape index (κ2) is 9.17. The molecule has 0 bridgehead atoms. The van der Waals surface area contributed by atoms with Gasteiger partial charge >= 0.3 is 0 Å². The summed E-state index contributed by atoms with van der Waals surface area (Å²) in [5.74, 6) is 1.68. The maximum atomic E-state index is 11.8. The molecule has 1 amide bonds. The lowest BCUT2D eigenvalue weighted by Gasteiger charge is -2.07. The van der Waals surface area contributed by atoms with Gasteiger partial charge < -0.3 is 24.4 Å². The van der Waals surface area contributed by atoms with Gasteiger partial charge in [-0.2, -0.15) is 0 Å². The Bertz CT molecular complexity index is 729. The number of hydrogen-bond acceptors (Lipinski definition) is 6. The number of anilines is 1. The van der Waals surface area contributed by atoms with Crippen molar-refractivity contribution in [1.82, 2.24) is 0 Å². The van der Waals surface area contributed by atoms with Gasteiger partial charge in [-0.3, -0.25) is 4.79 Å². The van der Waals surface area contributed by atoms with Crippen molar-refractivity contribution in [2.45, 2.75) is 0 Å². The van der Waals surface area contributed by atoms with Crippen LogP contribution < -0.4 is 19.5 Å². The predicted octanol–water partition coefficient (Wildman–Crippen LogP) is 2.70. The Hall–Kier alpha value is -3.22. The molecule has 2 aromatic rings. The topological polar surface area (TPSA) is 78.4 Å². The molecule has 0 spiro atoms. The third kappa shape index (κ3) is 5.42. The smallest absolute Gasteiger partial charge is 0.265 e. The van der Waals surface area contributed by atoms with Gasteiger partial charge in [0.1, 0.15) is 17.2 Å². The molecule has 132 valence electrons. The van der Waals surface area contributed by atoms with Gasteiger partial charge in [-0.25, -0.2) is 0 Å². The van der Waals surface area contributed by atoms with Crippen LogP contribution in [0.15, 0.2) is 47.6 Å². The molecule has 1 N–H and O–H groups in total. The van der Waals surface area contributed by atoms with Crippen molar-refractivity contribution >= 4 is 17.8 Å². The molecule has 7 heteroatoms. The Morgan fingerprint density at radius 1 is 1.00 bits per heavy atom. The van der Waals surface area contributed by atoms with Gasteiger partial charge in [-0.1, -0.05) is 5.16 Å². The number of oxime groups is 1. The van der Waals surface area contributed by atoms with E-state index < -0.39 is 0 Å². The van der Waals surface area contributed by atoms with Gasteiger partial charge in [0.25, 0.3) is 5.91 Å². The summed E-state index contributed by atoms with van der Waals surface area (Å²) in [4.78, 5) is 16.8. The Kier molecular flexibility index (Phi) is 6.65. The fourth-order valence-electron chi connectivity index (χ4n) is 2.00.